The minimum Gasteiger partial charge on any atom is -0.343 e. The molecule has 7 rings (SSSR count). The molecule has 0 saturated carbocycles. The summed E-state index contributed by atoms with van der Waals surface area (Å²) in [6, 6.07) is 14.7. The van der Waals surface area contributed by atoms with Crippen molar-refractivity contribution in [2.45, 2.75) is 57.4 Å². The monoisotopic (exact) mass is 637 g/mol. The Balaban J connectivity index is 1.03. The summed E-state index contributed by atoms with van der Waals surface area (Å²) >= 11 is 0. The SMILES string of the molecule is Cc1cc(C[C@@H](CC(=O)N2CCC(c3cc4ccccc4[nH]c3=O)CC2)C(=O)N2CCN(C3CCN(C)CC3)CC2)cc2c[nH]nc12. The van der Waals surface area contributed by atoms with Gasteiger partial charge in [0, 0.05) is 74.4 Å². The van der Waals surface area contributed by atoms with Crippen LogP contribution in [0.2, 0.25) is 0 Å². The zero-order valence-corrected chi connectivity index (χ0v) is 27.7. The lowest BCUT2D eigenvalue weighted by molar-refractivity contribution is -0.143. The van der Waals surface area contributed by atoms with E-state index < -0.39 is 5.92 Å². The fourth-order valence-electron chi connectivity index (χ4n) is 8.14. The zero-order valence-electron chi connectivity index (χ0n) is 27.7. The molecule has 0 unspecified atom stereocenters. The first-order chi connectivity index (χ1) is 22.8. The van der Waals surface area contributed by atoms with Crippen LogP contribution in [0.15, 0.2) is 53.5 Å². The van der Waals surface area contributed by atoms with Gasteiger partial charge in [-0.3, -0.25) is 24.4 Å². The summed E-state index contributed by atoms with van der Waals surface area (Å²) in [5.41, 5.74) is 4.66. The highest BCUT2D eigenvalue weighted by Gasteiger charge is 2.34. The summed E-state index contributed by atoms with van der Waals surface area (Å²) in [7, 11) is 2.19. The van der Waals surface area contributed by atoms with Gasteiger partial charge in [-0.1, -0.05) is 24.3 Å². The van der Waals surface area contributed by atoms with Crippen LogP contribution >= 0.6 is 0 Å². The van der Waals surface area contributed by atoms with Crippen LogP contribution < -0.4 is 5.56 Å². The van der Waals surface area contributed by atoms with Gasteiger partial charge in [-0.05, 0) is 99.8 Å². The van der Waals surface area contributed by atoms with E-state index in [1.807, 2.05) is 53.3 Å². The van der Waals surface area contributed by atoms with Crippen molar-refractivity contribution in [3.63, 3.8) is 0 Å². The molecule has 3 saturated heterocycles. The third-order valence-corrected chi connectivity index (χ3v) is 10.9. The van der Waals surface area contributed by atoms with Crippen molar-refractivity contribution in [1.29, 1.82) is 0 Å². The van der Waals surface area contributed by atoms with Crippen LogP contribution in [0.4, 0.5) is 0 Å². The van der Waals surface area contributed by atoms with Gasteiger partial charge in [-0.25, -0.2) is 0 Å². The largest absolute Gasteiger partial charge is 0.343 e. The molecule has 4 aromatic rings. The Hall–Kier alpha value is -4.02. The summed E-state index contributed by atoms with van der Waals surface area (Å²) < 4.78 is 0. The summed E-state index contributed by atoms with van der Waals surface area (Å²) in [5.74, 6) is -0.207. The molecule has 248 valence electrons. The number of aromatic amines is 2. The molecule has 10 heteroatoms. The predicted molar refractivity (Wildman–Crippen MR) is 184 cm³/mol. The molecule has 0 bridgehead atoms. The first kappa shape index (κ1) is 31.6. The quantitative estimate of drug-likeness (QED) is 0.318. The number of likely N-dealkylation sites (tertiary alicyclic amines) is 2. The minimum atomic E-state index is -0.429. The molecule has 0 aliphatic carbocycles. The molecular formula is C37H47N7O3. The molecule has 2 aromatic heterocycles. The van der Waals surface area contributed by atoms with E-state index in [4.69, 9.17) is 0 Å². The Kier molecular flexibility index (Phi) is 9.14. The maximum absolute atomic E-state index is 14.2. The number of nitrogens with one attached hydrogen (secondary N) is 2. The molecule has 3 aliphatic heterocycles. The van der Waals surface area contributed by atoms with Gasteiger partial charge in [0.05, 0.1) is 11.4 Å². The number of amides is 2. The number of carbonyl (C=O) groups is 2. The molecule has 3 fully saturated rings. The first-order valence-electron chi connectivity index (χ1n) is 17.4. The van der Waals surface area contributed by atoms with Gasteiger partial charge < -0.3 is 19.7 Å². The summed E-state index contributed by atoms with van der Waals surface area (Å²) in [6.45, 7) is 8.68. The van der Waals surface area contributed by atoms with Gasteiger partial charge in [-0.15, -0.1) is 0 Å². The number of para-hydroxylation sites is 1. The van der Waals surface area contributed by atoms with Crippen LogP contribution in [0.1, 0.15) is 54.7 Å². The van der Waals surface area contributed by atoms with Crippen LogP contribution in [0, 0.1) is 12.8 Å². The lowest BCUT2D eigenvalue weighted by Crippen LogP contribution is -2.55. The van der Waals surface area contributed by atoms with Gasteiger partial charge in [0.25, 0.3) is 5.56 Å². The standard InChI is InChI=1S/C37H47N7O3/c1-25-19-26(21-30-24-38-40-35(25)30)20-29(37(47)44-17-15-42(16-18-44)31-9-11-41(2)12-10-31)23-34(45)43-13-7-27(8-14-43)32-22-28-5-3-4-6-33(28)39-36(32)46/h3-6,19,21-22,24,27,29,31H,7-18,20,23H2,1-2H3,(H,38,40)(H,39,46)/t29-/m0/s1. The Labute approximate surface area is 276 Å². The van der Waals surface area contributed by atoms with Gasteiger partial charge in [0.15, 0.2) is 0 Å². The second kappa shape index (κ2) is 13.6. The number of fused-ring (bicyclic) bond motifs is 2. The van der Waals surface area contributed by atoms with Crippen LogP contribution in [0.3, 0.4) is 0 Å². The molecular weight excluding hydrogens is 590 g/mol. The van der Waals surface area contributed by atoms with Crippen molar-refractivity contribution in [1.82, 2.24) is 34.8 Å². The molecule has 2 N–H and O–H groups in total. The normalized spacial score (nSPS) is 19.9. The molecule has 10 nitrogen and oxygen atoms in total. The smallest absolute Gasteiger partial charge is 0.251 e. The average Bonchev–Trinajstić information content (AvgIpc) is 3.57. The van der Waals surface area contributed by atoms with E-state index >= 15 is 0 Å². The third kappa shape index (κ3) is 6.85. The Morgan fingerprint density at radius 3 is 2.40 bits per heavy atom. The predicted octanol–water partition coefficient (Wildman–Crippen LogP) is 3.91. The number of aromatic nitrogens is 3. The molecule has 1 atom stereocenters. The molecule has 47 heavy (non-hydrogen) atoms. The minimum absolute atomic E-state index is 0.0280. The lowest BCUT2D eigenvalue weighted by Gasteiger charge is -2.43. The molecule has 2 aromatic carbocycles. The van der Waals surface area contributed by atoms with E-state index in [1.54, 1.807) is 0 Å². The summed E-state index contributed by atoms with van der Waals surface area (Å²) in [6.07, 6.45) is 6.44. The van der Waals surface area contributed by atoms with Crippen molar-refractivity contribution < 1.29 is 9.59 Å². The fourth-order valence-corrected chi connectivity index (χ4v) is 8.14. The number of piperidine rings is 2. The zero-order chi connectivity index (χ0) is 32.5. The van der Waals surface area contributed by atoms with E-state index in [0.717, 1.165) is 77.5 Å². The van der Waals surface area contributed by atoms with Crippen molar-refractivity contribution in [2.75, 3.05) is 59.4 Å². The average molecular weight is 638 g/mol. The third-order valence-electron chi connectivity index (χ3n) is 10.9. The number of pyridine rings is 1. The van der Waals surface area contributed by atoms with Crippen LogP contribution in [-0.2, 0) is 16.0 Å². The summed E-state index contributed by atoms with van der Waals surface area (Å²) in [4.78, 5) is 52.9. The van der Waals surface area contributed by atoms with Crippen LogP contribution in [0.25, 0.3) is 21.8 Å². The van der Waals surface area contributed by atoms with Gasteiger partial charge in [0.2, 0.25) is 11.8 Å². The van der Waals surface area contributed by atoms with E-state index in [9.17, 15) is 14.4 Å². The van der Waals surface area contributed by atoms with Gasteiger partial charge in [-0.2, -0.15) is 5.10 Å². The highest BCUT2D eigenvalue weighted by Crippen LogP contribution is 2.29. The van der Waals surface area contributed by atoms with Crippen LogP contribution in [-0.4, -0.2) is 112 Å². The highest BCUT2D eigenvalue weighted by molar-refractivity contribution is 5.87. The van der Waals surface area contributed by atoms with Gasteiger partial charge >= 0.3 is 0 Å². The molecule has 2 amide bonds. The Morgan fingerprint density at radius 1 is 0.894 bits per heavy atom. The number of rotatable bonds is 7. The fraction of sp³-hybridized carbons (Fsp3) is 0.514. The number of H-pyrrole nitrogens is 2. The molecule has 5 heterocycles. The van der Waals surface area contributed by atoms with Crippen molar-refractivity contribution in [3.05, 3.63) is 75.7 Å². The second-order valence-electron chi connectivity index (χ2n) is 14.0. The maximum Gasteiger partial charge on any atom is 0.251 e. The van der Waals surface area contributed by atoms with Crippen molar-refractivity contribution in [2.24, 2.45) is 5.92 Å². The lowest BCUT2D eigenvalue weighted by atomic mass is 9.88. The number of aryl methyl sites for hydroxylation is 1. The van der Waals surface area contributed by atoms with E-state index in [0.29, 0.717) is 38.6 Å². The van der Waals surface area contributed by atoms with Crippen LogP contribution in [0.5, 0.6) is 0 Å². The van der Waals surface area contributed by atoms with Crippen molar-refractivity contribution in [3.8, 4) is 0 Å². The number of nitrogens with zero attached hydrogens (tertiary/aromatic N) is 5. The molecule has 3 aliphatic rings. The number of benzene rings is 2. The van der Waals surface area contributed by atoms with Crippen molar-refractivity contribution >= 4 is 33.6 Å². The number of hydrogen-bond acceptors (Lipinski definition) is 6. The van der Waals surface area contributed by atoms with E-state index in [2.05, 4.69) is 44.2 Å². The van der Waals surface area contributed by atoms with E-state index in [1.165, 1.54) is 12.8 Å². The first-order valence-corrected chi connectivity index (χ1v) is 17.4. The number of piperazine rings is 1. The Morgan fingerprint density at radius 2 is 1.64 bits per heavy atom. The van der Waals surface area contributed by atoms with E-state index in [-0.39, 0.29) is 29.7 Å². The number of carbonyl (C=O) groups excluding carboxylic acids is 2. The molecule has 0 radical (unpaired) electrons. The highest BCUT2D eigenvalue weighted by atomic mass is 16.2. The number of hydrogen-bond donors (Lipinski definition) is 2. The maximum atomic E-state index is 14.2. The summed E-state index contributed by atoms with van der Waals surface area (Å²) in [5, 5.41) is 9.37. The molecule has 0 spiro atoms. The Bertz CT molecular complexity index is 1790. The second-order valence-corrected chi connectivity index (χ2v) is 14.0. The topological polar surface area (TPSA) is 109 Å². The van der Waals surface area contributed by atoms with Gasteiger partial charge in [0.1, 0.15) is 0 Å².